The van der Waals surface area contributed by atoms with Crippen molar-refractivity contribution in [2.24, 2.45) is 4.99 Å². The predicted molar refractivity (Wildman–Crippen MR) is 222 cm³/mol. The molecule has 10 aromatic rings. The van der Waals surface area contributed by atoms with E-state index in [9.17, 15) is 0 Å². The van der Waals surface area contributed by atoms with Gasteiger partial charge in [-0.15, -0.1) is 11.3 Å². The van der Waals surface area contributed by atoms with Gasteiger partial charge in [-0.1, -0.05) is 133 Å². The lowest BCUT2D eigenvalue weighted by molar-refractivity contribution is 0.781. The molecule has 1 unspecified atom stereocenters. The van der Waals surface area contributed by atoms with E-state index in [1.54, 1.807) is 0 Å². The van der Waals surface area contributed by atoms with Crippen molar-refractivity contribution in [1.82, 2.24) is 9.88 Å². The van der Waals surface area contributed by atoms with Crippen molar-refractivity contribution in [3.63, 3.8) is 0 Å². The molecule has 0 spiro atoms. The second kappa shape index (κ2) is 11.5. The maximum Gasteiger partial charge on any atom is 0.136 e. The Morgan fingerprint density at radius 1 is 0.538 bits per heavy atom. The van der Waals surface area contributed by atoms with Crippen LogP contribution >= 0.6 is 11.3 Å². The second-order valence-electron chi connectivity index (χ2n) is 13.6. The van der Waals surface area contributed by atoms with E-state index in [0.717, 1.165) is 28.3 Å². The lowest BCUT2D eigenvalue weighted by atomic mass is 9.97. The number of aromatic nitrogens is 1. The van der Waals surface area contributed by atoms with Crippen LogP contribution in [0.5, 0.6) is 0 Å². The molecule has 1 aliphatic rings. The highest BCUT2D eigenvalue weighted by Crippen LogP contribution is 2.43. The smallest absolute Gasteiger partial charge is 0.136 e. The van der Waals surface area contributed by atoms with Crippen LogP contribution in [0.3, 0.4) is 0 Å². The number of rotatable bonds is 4. The van der Waals surface area contributed by atoms with Gasteiger partial charge in [0.2, 0.25) is 0 Å². The molecule has 0 radical (unpaired) electrons. The van der Waals surface area contributed by atoms with Crippen LogP contribution in [0.1, 0.15) is 22.7 Å². The average molecular weight is 682 g/mol. The normalized spacial score (nSPS) is 14.7. The Morgan fingerprint density at radius 2 is 1.23 bits per heavy atom. The fraction of sp³-hybridized carbons (Fsp3) is 0.0208. The van der Waals surface area contributed by atoms with Crippen molar-refractivity contribution in [2.75, 3.05) is 0 Å². The first-order chi connectivity index (χ1) is 25.8. The largest absolute Gasteiger partial charge is 0.359 e. The summed E-state index contributed by atoms with van der Waals surface area (Å²) in [5, 5.41) is 13.9. The first-order valence-corrected chi connectivity index (χ1v) is 18.6. The molecular weight excluding hydrogens is 651 g/mol. The Morgan fingerprint density at radius 3 is 2.06 bits per heavy atom. The van der Waals surface area contributed by atoms with Gasteiger partial charge in [0.05, 0.1) is 22.8 Å². The summed E-state index contributed by atoms with van der Waals surface area (Å²) < 4.78 is 4.94. The number of para-hydroxylation sites is 1. The van der Waals surface area contributed by atoms with Gasteiger partial charge in [-0.3, -0.25) is 0 Å². The van der Waals surface area contributed by atoms with Gasteiger partial charge in [-0.05, 0) is 75.1 Å². The lowest BCUT2D eigenvalue weighted by Crippen LogP contribution is -2.31. The molecule has 3 nitrogen and oxygen atoms in total. The first kappa shape index (κ1) is 29.3. The molecule has 4 heteroatoms. The monoisotopic (exact) mass is 681 g/mol. The number of aliphatic imine (C=N–C) groups is 1. The summed E-state index contributed by atoms with van der Waals surface area (Å²) in [6.07, 6.45) is 2.25. The van der Waals surface area contributed by atoms with Gasteiger partial charge in [0.25, 0.3) is 0 Å². The van der Waals surface area contributed by atoms with Crippen molar-refractivity contribution in [1.29, 1.82) is 0 Å². The van der Waals surface area contributed by atoms with Crippen LogP contribution in [0.4, 0.5) is 0 Å². The Labute approximate surface area is 304 Å². The van der Waals surface area contributed by atoms with Crippen molar-refractivity contribution in [3.8, 4) is 5.69 Å². The number of fused-ring (bicyclic) bond motifs is 9. The fourth-order valence-electron chi connectivity index (χ4n) is 8.15. The van der Waals surface area contributed by atoms with E-state index in [0.29, 0.717) is 0 Å². The van der Waals surface area contributed by atoms with E-state index in [1.807, 2.05) is 11.3 Å². The van der Waals surface area contributed by atoms with Gasteiger partial charge in [0, 0.05) is 42.2 Å². The van der Waals surface area contributed by atoms with E-state index in [1.165, 1.54) is 69.1 Å². The number of benzene rings is 8. The molecule has 0 bridgehead atoms. The SMILES string of the molecule is C1=C(c2ccccc2)N=C(c2cc3ccccc3c3c2sc2cc(-n4c5ccccc5c5cc6ccccc6cc54)ccc23)NC1c1ccccc1. The Bertz CT molecular complexity index is 3090. The van der Waals surface area contributed by atoms with Gasteiger partial charge < -0.3 is 9.88 Å². The number of thiophene rings is 1. The molecule has 0 aliphatic carbocycles. The van der Waals surface area contributed by atoms with Crippen molar-refractivity contribution in [2.45, 2.75) is 6.04 Å². The zero-order valence-electron chi connectivity index (χ0n) is 28.1. The van der Waals surface area contributed by atoms with Crippen LogP contribution in [0.15, 0.2) is 181 Å². The number of amidine groups is 1. The quantitative estimate of drug-likeness (QED) is 0.197. The molecule has 1 N–H and O–H groups in total. The highest BCUT2D eigenvalue weighted by Gasteiger charge is 2.24. The number of hydrogen-bond donors (Lipinski definition) is 1. The summed E-state index contributed by atoms with van der Waals surface area (Å²) >= 11 is 1.86. The highest BCUT2D eigenvalue weighted by atomic mass is 32.1. The topological polar surface area (TPSA) is 29.3 Å². The molecule has 1 atom stereocenters. The predicted octanol–water partition coefficient (Wildman–Crippen LogP) is 12.6. The van der Waals surface area contributed by atoms with E-state index in [-0.39, 0.29) is 6.04 Å². The van der Waals surface area contributed by atoms with Gasteiger partial charge >= 0.3 is 0 Å². The lowest BCUT2D eigenvalue weighted by Gasteiger charge is -2.25. The number of nitrogens with zero attached hydrogens (tertiary/aromatic N) is 2. The maximum absolute atomic E-state index is 5.35. The molecule has 0 saturated carbocycles. The van der Waals surface area contributed by atoms with Crippen LogP contribution in [0.2, 0.25) is 0 Å². The minimum Gasteiger partial charge on any atom is -0.359 e. The minimum absolute atomic E-state index is 0.0159. The number of nitrogens with one attached hydrogen (secondary N) is 1. The van der Waals surface area contributed by atoms with Crippen molar-refractivity contribution >= 4 is 86.4 Å². The zero-order chi connectivity index (χ0) is 34.2. The van der Waals surface area contributed by atoms with E-state index < -0.39 is 0 Å². The summed E-state index contributed by atoms with van der Waals surface area (Å²) in [5.41, 5.74) is 8.03. The van der Waals surface area contributed by atoms with E-state index >= 15 is 0 Å². The minimum atomic E-state index is -0.0159. The molecule has 3 heterocycles. The summed E-state index contributed by atoms with van der Waals surface area (Å²) in [7, 11) is 0. The average Bonchev–Trinajstić information content (AvgIpc) is 3.75. The fourth-order valence-corrected chi connectivity index (χ4v) is 9.41. The third kappa shape index (κ3) is 4.55. The summed E-state index contributed by atoms with van der Waals surface area (Å²) in [5.74, 6) is 0.895. The molecule has 0 fully saturated rings. The van der Waals surface area contributed by atoms with Gasteiger partial charge in [0.15, 0.2) is 0 Å². The van der Waals surface area contributed by atoms with Crippen LogP contribution < -0.4 is 5.32 Å². The van der Waals surface area contributed by atoms with Gasteiger partial charge in [-0.2, -0.15) is 0 Å². The standard InChI is InChI=1S/C48H31N3S/c1-3-13-30(14-4-1)41-29-42(31-15-5-2-6-16-31)50-48(49-41)40-26-34-19-9-10-20-36(34)46-38-24-23-35(28-45(38)52-47(40)46)51-43-22-12-11-21-37(43)39-25-32-17-7-8-18-33(32)27-44(39)51/h1-29,41H,(H,49,50). The third-order valence-electron chi connectivity index (χ3n) is 10.6. The third-order valence-corrected chi connectivity index (χ3v) is 11.8. The summed E-state index contributed by atoms with van der Waals surface area (Å²) in [6, 6.07) is 61.4. The zero-order valence-corrected chi connectivity index (χ0v) is 28.9. The second-order valence-corrected chi connectivity index (χ2v) is 14.7. The molecule has 11 rings (SSSR count). The molecular formula is C48H31N3S. The van der Waals surface area contributed by atoms with Crippen LogP contribution in [-0.2, 0) is 0 Å². The molecule has 2 aromatic heterocycles. The Hall–Kier alpha value is -6.49. The molecule has 8 aromatic carbocycles. The molecule has 1 aliphatic heterocycles. The van der Waals surface area contributed by atoms with Crippen molar-refractivity contribution in [3.05, 3.63) is 193 Å². The van der Waals surface area contributed by atoms with Gasteiger partial charge in [-0.25, -0.2) is 4.99 Å². The summed E-state index contributed by atoms with van der Waals surface area (Å²) in [4.78, 5) is 5.35. The number of hydrogen-bond acceptors (Lipinski definition) is 3. The van der Waals surface area contributed by atoms with E-state index in [2.05, 4.69) is 186 Å². The Balaban J connectivity index is 1.15. The highest BCUT2D eigenvalue weighted by molar-refractivity contribution is 7.26. The van der Waals surface area contributed by atoms with Crippen molar-refractivity contribution < 1.29 is 0 Å². The van der Waals surface area contributed by atoms with Crippen LogP contribution in [0.25, 0.3) is 74.9 Å². The Kier molecular flexibility index (Phi) is 6.48. The molecule has 0 saturated heterocycles. The maximum atomic E-state index is 5.35. The summed E-state index contributed by atoms with van der Waals surface area (Å²) in [6.45, 7) is 0. The van der Waals surface area contributed by atoms with Gasteiger partial charge in [0.1, 0.15) is 5.84 Å². The molecule has 244 valence electrons. The van der Waals surface area contributed by atoms with E-state index in [4.69, 9.17) is 4.99 Å². The van der Waals surface area contributed by atoms with Crippen LogP contribution in [0, 0.1) is 0 Å². The first-order valence-electron chi connectivity index (χ1n) is 17.7. The molecule has 0 amide bonds. The van der Waals surface area contributed by atoms with Crippen LogP contribution in [-0.4, -0.2) is 10.4 Å². The molecule has 52 heavy (non-hydrogen) atoms.